The second-order valence-corrected chi connectivity index (χ2v) is 7.74. The minimum atomic E-state index is -0.739. The van der Waals surface area contributed by atoms with Crippen LogP contribution in [0.5, 0.6) is 0 Å². The normalized spacial score (nSPS) is 41.5. The van der Waals surface area contributed by atoms with E-state index in [4.69, 9.17) is 10.5 Å². The molecule has 1 saturated heterocycles. The fraction of sp³-hybridized carbons (Fsp3) is 0.941. The molecule has 4 atom stereocenters. The van der Waals surface area contributed by atoms with Crippen molar-refractivity contribution in [1.82, 2.24) is 4.90 Å². The average molecular weight is 294 g/mol. The summed E-state index contributed by atoms with van der Waals surface area (Å²) in [5.74, 6) is 0.900. The number of hydrogen-bond donors (Lipinski definition) is 1. The predicted octanol–water partition coefficient (Wildman–Crippen LogP) is 2.31. The number of fused-ring (bicyclic) bond motifs is 1. The Labute approximate surface area is 128 Å². The molecule has 120 valence electrons. The van der Waals surface area contributed by atoms with Gasteiger partial charge in [0.1, 0.15) is 5.54 Å². The van der Waals surface area contributed by atoms with Crippen molar-refractivity contribution in [3.8, 4) is 0 Å². The lowest BCUT2D eigenvalue weighted by molar-refractivity contribution is -0.182. The zero-order valence-electron chi connectivity index (χ0n) is 13.7. The molecule has 1 amide bonds. The zero-order chi connectivity index (χ0) is 15.3. The first-order chi connectivity index (χ1) is 9.91. The summed E-state index contributed by atoms with van der Waals surface area (Å²) in [6.45, 7) is 7.76. The van der Waals surface area contributed by atoms with Crippen molar-refractivity contribution >= 4 is 5.91 Å². The third kappa shape index (κ3) is 2.14. The molecule has 21 heavy (non-hydrogen) atoms. The van der Waals surface area contributed by atoms with Crippen LogP contribution >= 0.6 is 0 Å². The minimum Gasteiger partial charge on any atom is -0.378 e. The molecule has 3 rings (SSSR count). The van der Waals surface area contributed by atoms with Crippen LogP contribution in [0.25, 0.3) is 0 Å². The first-order valence-corrected chi connectivity index (χ1v) is 8.63. The van der Waals surface area contributed by atoms with Gasteiger partial charge in [0.15, 0.2) is 0 Å². The molecule has 3 fully saturated rings. The van der Waals surface area contributed by atoms with E-state index in [0.717, 1.165) is 18.9 Å². The van der Waals surface area contributed by atoms with Crippen LogP contribution in [0.2, 0.25) is 0 Å². The fourth-order valence-electron chi connectivity index (χ4n) is 4.76. The highest BCUT2D eigenvalue weighted by Gasteiger charge is 2.64. The highest BCUT2D eigenvalue weighted by atomic mass is 16.5. The van der Waals surface area contributed by atoms with Crippen LogP contribution < -0.4 is 5.73 Å². The van der Waals surface area contributed by atoms with Gasteiger partial charge in [-0.15, -0.1) is 0 Å². The van der Waals surface area contributed by atoms with Crippen LogP contribution in [-0.4, -0.2) is 41.6 Å². The van der Waals surface area contributed by atoms with E-state index in [1.54, 1.807) is 0 Å². The molecule has 4 heteroatoms. The smallest absolute Gasteiger partial charge is 0.243 e. The van der Waals surface area contributed by atoms with Gasteiger partial charge in [-0.3, -0.25) is 4.79 Å². The summed E-state index contributed by atoms with van der Waals surface area (Å²) in [4.78, 5) is 15.3. The largest absolute Gasteiger partial charge is 0.378 e. The van der Waals surface area contributed by atoms with Crippen LogP contribution in [0, 0.1) is 11.3 Å². The number of rotatable bonds is 3. The molecule has 0 aromatic heterocycles. The molecule has 0 radical (unpaired) electrons. The van der Waals surface area contributed by atoms with E-state index in [2.05, 4.69) is 18.7 Å². The lowest BCUT2D eigenvalue weighted by Gasteiger charge is -2.59. The average Bonchev–Trinajstić information content (AvgIpc) is 2.94. The molecule has 3 aliphatic rings. The molecule has 0 spiro atoms. The number of likely N-dealkylation sites (tertiary alicyclic amines) is 1. The number of ether oxygens (including phenoxy) is 1. The van der Waals surface area contributed by atoms with Gasteiger partial charge in [-0.1, -0.05) is 20.3 Å². The molecular formula is C17H30N2O2. The number of nitrogens with zero attached hydrogens (tertiary/aromatic N) is 1. The Morgan fingerprint density at radius 3 is 2.67 bits per heavy atom. The Bertz CT molecular complexity index is 423. The van der Waals surface area contributed by atoms with Crippen molar-refractivity contribution in [3.63, 3.8) is 0 Å². The van der Waals surface area contributed by atoms with E-state index in [-0.39, 0.29) is 17.4 Å². The van der Waals surface area contributed by atoms with Gasteiger partial charge in [0.2, 0.25) is 5.91 Å². The first-order valence-electron chi connectivity index (χ1n) is 8.63. The molecule has 4 unspecified atom stereocenters. The Balaban J connectivity index is 1.76. The van der Waals surface area contributed by atoms with E-state index in [9.17, 15) is 4.79 Å². The highest BCUT2D eigenvalue weighted by Crippen LogP contribution is 2.51. The summed E-state index contributed by atoms with van der Waals surface area (Å²) in [5.41, 5.74) is 5.58. The number of carbonyl (C=O) groups excluding carboxylic acids is 1. The molecule has 2 saturated carbocycles. The summed E-state index contributed by atoms with van der Waals surface area (Å²) < 4.78 is 5.76. The molecule has 2 aliphatic carbocycles. The third-order valence-electron chi connectivity index (χ3n) is 6.47. The Morgan fingerprint density at radius 2 is 2.00 bits per heavy atom. The van der Waals surface area contributed by atoms with Crippen molar-refractivity contribution in [1.29, 1.82) is 0 Å². The number of nitrogens with two attached hydrogens (primary N) is 1. The quantitative estimate of drug-likeness (QED) is 0.869. The van der Waals surface area contributed by atoms with Gasteiger partial charge in [-0.05, 0) is 38.5 Å². The standard InChI is InChI=1S/C17H30N2O2/c1-4-21-14-11-17(18,16(14,2)3)15(20)19-10-6-8-12-7-5-9-13(12)19/h12-14H,4-11,18H2,1-3H3. The molecule has 4 nitrogen and oxygen atoms in total. The number of piperidine rings is 1. The van der Waals surface area contributed by atoms with Gasteiger partial charge in [0.05, 0.1) is 6.10 Å². The van der Waals surface area contributed by atoms with E-state index in [1.807, 2.05) is 6.92 Å². The summed E-state index contributed by atoms with van der Waals surface area (Å²) in [7, 11) is 0. The maximum absolute atomic E-state index is 13.2. The van der Waals surface area contributed by atoms with Crippen LogP contribution in [0.1, 0.15) is 59.3 Å². The van der Waals surface area contributed by atoms with Crippen molar-refractivity contribution < 1.29 is 9.53 Å². The summed E-state index contributed by atoms with van der Waals surface area (Å²) >= 11 is 0. The van der Waals surface area contributed by atoms with Gasteiger partial charge >= 0.3 is 0 Å². The molecule has 0 aromatic carbocycles. The van der Waals surface area contributed by atoms with Crippen LogP contribution in [0.3, 0.4) is 0 Å². The van der Waals surface area contributed by atoms with Gasteiger partial charge in [0, 0.05) is 31.0 Å². The molecule has 1 aliphatic heterocycles. The lowest BCUT2D eigenvalue weighted by atomic mass is 9.54. The van der Waals surface area contributed by atoms with Crippen LogP contribution in [0.4, 0.5) is 0 Å². The summed E-state index contributed by atoms with van der Waals surface area (Å²) in [6.07, 6.45) is 6.93. The van der Waals surface area contributed by atoms with E-state index >= 15 is 0 Å². The fourth-order valence-corrected chi connectivity index (χ4v) is 4.76. The van der Waals surface area contributed by atoms with Crippen molar-refractivity contribution in [2.24, 2.45) is 17.1 Å². The van der Waals surface area contributed by atoms with E-state index in [1.165, 1.54) is 25.7 Å². The molecule has 0 aromatic rings. The van der Waals surface area contributed by atoms with Crippen molar-refractivity contribution in [2.45, 2.75) is 77.0 Å². The molecule has 0 bridgehead atoms. The van der Waals surface area contributed by atoms with E-state index < -0.39 is 5.54 Å². The summed E-state index contributed by atoms with van der Waals surface area (Å²) in [6, 6.07) is 0.452. The Kier molecular flexibility index (Phi) is 3.81. The molecule has 1 heterocycles. The van der Waals surface area contributed by atoms with Gasteiger partial charge in [-0.25, -0.2) is 0 Å². The minimum absolute atomic E-state index is 0.112. The number of hydrogen-bond acceptors (Lipinski definition) is 3. The topological polar surface area (TPSA) is 55.6 Å². The van der Waals surface area contributed by atoms with E-state index in [0.29, 0.717) is 19.1 Å². The SMILES string of the molecule is CCOC1CC(N)(C(=O)N2CCCC3CCCC32)C1(C)C. The third-order valence-corrected chi connectivity index (χ3v) is 6.47. The van der Waals surface area contributed by atoms with Gasteiger partial charge in [0.25, 0.3) is 0 Å². The molecule has 2 N–H and O–H groups in total. The van der Waals surface area contributed by atoms with Crippen LogP contribution in [0.15, 0.2) is 0 Å². The number of amides is 1. The monoisotopic (exact) mass is 294 g/mol. The van der Waals surface area contributed by atoms with Crippen LogP contribution in [-0.2, 0) is 9.53 Å². The first kappa shape index (κ1) is 15.3. The van der Waals surface area contributed by atoms with Crippen molar-refractivity contribution in [2.75, 3.05) is 13.2 Å². The zero-order valence-corrected chi connectivity index (χ0v) is 13.7. The molecular weight excluding hydrogens is 264 g/mol. The summed E-state index contributed by atoms with van der Waals surface area (Å²) in [5, 5.41) is 0. The van der Waals surface area contributed by atoms with Gasteiger partial charge < -0.3 is 15.4 Å². The Morgan fingerprint density at radius 1 is 1.29 bits per heavy atom. The second-order valence-electron chi connectivity index (χ2n) is 7.74. The predicted molar refractivity (Wildman–Crippen MR) is 82.8 cm³/mol. The maximum Gasteiger partial charge on any atom is 0.243 e. The number of carbonyl (C=O) groups is 1. The second kappa shape index (κ2) is 5.24. The Hall–Kier alpha value is -0.610. The highest BCUT2D eigenvalue weighted by molar-refractivity contribution is 5.89. The van der Waals surface area contributed by atoms with Crippen molar-refractivity contribution in [3.05, 3.63) is 0 Å². The lowest BCUT2D eigenvalue weighted by Crippen LogP contribution is -2.77. The maximum atomic E-state index is 13.2. The van der Waals surface area contributed by atoms with Gasteiger partial charge in [-0.2, -0.15) is 0 Å².